The Kier molecular flexibility index (Phi) is 6.10. The van der Waals surface area contributed by atoms with Crippen LogP contribution in [0.25, 0.3) is 0 Å². The fraction of sp³-hybridized carbons (Fsp3) is 0.462. The summed E-state index contributed by atoms with van der Waals surface area (Å²) in [6.07, 6.45) is 1.38. The van der Waals surface area contributed by atoms with Crippen LogP contribution in [0.15, 0.2) is 24.3 Å². The Bertz CT molecular complexity index is 336. The van der Waals surface area contributed by atoms with Crippen molar-refractivity contribution in [2.24, 2.45) is 5.73 Å². The van der Waals surface area contributed by atoms with E-state index in [2.05, 4.69) is 0 Å². The van der Waals surface area contributed by atoms with E-state index in [0.29, 0.717) is 13.0 Å². The number of amidine groups is 1. The molecule has 0 aliphatic heterocycles. The second-order valence-corrected chi connectivity index (χ2v) is 3.74. The molecule has 0 fully saturated rings. The average molecular weight is 236 g/mol. The van der Waals surface area contributed by atoms with Gasteiger partial charge in [-0.3, -0.25) is 5.41 Å². The van der Waals surface area contributed by atoms with E-state index in [4.69, 9.17) is 20.6 Å². The molecule has 1 aromatic carbocycles. The van der Waals surface area contributed by atoms with Gasteiger partial charge in [-0.25, -0.2) is 0 Å². The predicted octanol–water partition coefficient (Wildman–Crippen LogP) is 1.97. The number of nitrogens with two attached hydrogens (primary N) is 1. The Hall–Kier alpha value is -1.55. The van der Waals surface area contributed by atoms with Crippen molar-refractivity contribution in [1.82, 2.24) is 0 Å². The lowest BCUT2D eigenvalue weighted by atomic mass is 10.1. The van der Waals surface area contributed by atoms with E-state index in [1.54, 1.807) is 0 Å². The van der Waals surface area contributed by atoms with E-state index in [1.807, 2.05) is 31.2 Å². The molecule has 4 heteroatoms. The molecular weight excluding hydrogens is 216 g/mol. The van der Waals surface area contributed by atoms with Gasteiger partial charge in [-0.15, -0.1) is 0 Å². The maximum absolute atomic E-state index is 7.19. The molecule has 1 aromatic rings. The van der Waals surface area contributed by atoms with Gasteiger partial charge < -0.3 is 15.2 Å². The van der Waals surface area contributed by atoms with Gasteiger partial charge in [0.1, 0.15) is 5.75 Å². The summed E-state index contributed by atoms with van der Waals surface area (Å²) in [5.74, 6) is 1.02. The molecule has 0 unspecified atom stereocenters. The van der Waals surface area contributed by atoms with Crippen LogP contribution in [0.2, 0.25) is 0 Å². The van der Waals surface area contributed by atoms with Gasteiger partial charge in [0.05, 0.1) is 12.4 Å². The molecule has 3 N–H and O–H groups in total. The number of benzene rings is 1. The first kappa shape index (κ1) is 13.5. The molecule has 0 bridgehead atoms. The number of hydrogen-bond acceptors (Lipinski definition) is 3. The SMILES string of the molecule is CCOCCCOc1ccc(CC(=N)N)cc1. The standard InChI is InChI=1S/C13H20N2O2/c1-2-16-8-3-9-17-12-6-4-11(5-7-12)10-13(14)15/h4-7H,2-3,8-10H2,1H3,(H3,14,15). The van der Waals surface area contributed by atoms with Crippen LogP contribution in [-0.4, -0.2) is 25.7 Å². The summed E-state index contributed by atoms with van der Waals surface area (Å²) in [7, 11) is 0. The van der Waals surface area contributed by atoms with Crippen LogP contribution in [-0.2, 0) is 11.2 Å². The summed E-state index contributed by atoms with van der Waals surface area (Å²) in [6, 6.07) is 7.66. The molecule has 0 spiro atoms. The summed E-state index contributed by atoms with van der Waals surface area (Å²) in [6.45, 7) is 4.12. The summed E-state index contributed by atoms with van der Waals surface area (Å²) in [5.41, 5.74) is 6.35. The average Bonchev–Trinajstić information content (AvgIpc) is 2.30. The van der Waals surface area contributed by atoms with E-state index in [0.717, 1.165) is 30.9 Å². The van der Waals surface area contributed by atoms with E-state index in [1.165, 1.54) is 0 Å². The first-order valence-electron chi connectivity index (χ1n) is 5.84. The molecule has 0 radical (unpaired) electrons. The van der Waals surface area contributed by atoms with Crippen LogP contribution in [0.4, 0.5) is 0 Å². The van der Waals surface area contributed by atoms with Crippen molar-refractivity contribution in [3.05, 3.63) is 29.8 Å². The first-order chi connectivity index (χ1) is 8.22. The Morgan fingerprint density at radius 1 is 1.24 bits per heavy atom. The maximum Gasteiger partial charge on any atom is 0.119 e. The molecule has 17 heavy (non-hydrogen) atoms. The third-order valence-corrected chi connectivity index (χ3v) is 2.22. The van der Waals surface area contributed by atoms with Crippen LogP contribution in [0.5, 0.6) is 5.75 Å². The van der Waals surface area contributed by atoms with Gasteiger partial charge in [0, 0.05) is 26.1 Å². The smallest absolute Gasteiger partial charge is 0.119 e. The lowest BCUT2D eigenvalue weighted by Gasteiger charge is -2.07. The van der Waals surface area contributed by atoms with Gasteiger partial charge >= 0.3 is 0 Å². The minimum atomic E-state index is 0.176. The summed E-state index contributed by atoms with van der Waals surface area (Å²) in [5, 5.41) is 7.19. The topological polar surface area (TPSA) is 68.3 Å². The Morgan fingerprint density at radius 2 is 1.94 bits per heavy atom. The van der Waals surface area contributed by atoms with Crippen LogP contribution >= 0.6 is 0 Å². The number of rotatable bonds is 8. The zero-order chi connectivity index (χ0) is 12.5. The molecule has 0 aliphatic rings. The molecule has 0 aliphatic carbocycles. The fourth-order valence-electron chi connectivity index (χ4n) is 1.42. The van der Waals surface area contributed by atoms with E-state index < -0.39 is 0 Å². The predicted molar refractivity (Wildman–Crippen MR) is 68.7 cm³/mol. The lowest BCUT2D eigenvalue weighted by molar-refractivity contribution is 0.131. The van der Waals surface area contributed by atoms with Crippen molar-refractivity contribution in [3.63, 3.8) is 0 Å². The number of hydrogen-bond donors (Lipinski definition) is 2. The van der Waals surface area contributed by atoms with Crippen molar-refractivity contribution in [2.75, 3.05) is 19.8 Å². The highest BCUT2D eigenvalue weighted by Crippen LogP contribution is 2.12. The maximum atomic E-state index is 7.19. The van der Waals surface area contributed by atoms with Gasteiger partial charge in [-0.2, -0.15) is 0 Å². The van der Waals surface area contributed by atoms with Crippen LogP contribution in [0, 0.1) is 5.41 Å². The van der Waals surface area contributed by atoms with Gasteiger partial charge in [0.2, 0.25) is 0 Å². The lowest BCUT2D eigenvalue weighted by Crippen LogP contribution is -2.12. The zero-order valence-corrected chi connectivity index (χ0v) is 10.2. The highest BCUT2D eigenvalue weighted by Gasteiger charge is 1.97. The highest BCUT2D eigenvalue weighted by molar-refractivity contribution is 5.79. The van der Waals surface area contributed by atoms with Crippen molar-refractivity contribution in [3.8, 4) is 5.75 Å². The third-order valence-electron chi connectivity index (χ3n) is 2.22. The normalized spacial score (nSPS) is 10.2. The molecule has 4 nitrogen and oxygen atoms in total. The molecular formula is C13H20N2O2. The minimum absolute atomic E-state index is 0.176. The van der Waals surface area contributed by atoms with Gasteiger partial charge in [-0.1, -0.05) is 12.1 Å². The largest absolute Gasteiger partial charge is 0.494 e. The fourth-order valence-corrected chi connectivity index (χ4v) is 1.42. The first-order valence-corrected chi connectivity index (χ1v) is 5.84. The van der Waals surface area contributed by atoms with Crippen molar-refractivity contribution in [1.29, 1.82) is 5.41 Å². The van der Waals surface area contributed by atoms with Gasteiger partial charge in [0.15, 0.2) is 0 Å². The molecule has 0 atom stereocenters. The van der Waals surface area contributed by atoms with Crippen LogP contribution < -0.4 is 10.5 Å². The van der Waals surface area contributed by atoms with E-state index in [-0.39, 0.29) is 5.84 Å². The second-order valence-electron chi connectivity index (χ2n) is 3.74. The summed E-state index contributed by atoms with van der Waals surface area (Å²) >= 11 is 0. The highest BCUT2D eigenvalue weighted by atomic mass is 16.5. The van der Waals surface area contributed by atoms with Crippen molar-refractivity contribution < 1.29 is 9.47 Å². The number of nitrogens with one attached hydrogen (secondary N) is 1. The molecule has 0 saturated heterocycles. The van der Waals surface area contributed by atoms with Crippen LogP contribution in [0.1, 0.15) is 18.9 Å². The third kappa shape index (κ3) is 5.92. The monoisotopic (exact) mass is 236 g/mol. The van der Waals surface area contributed by atoms with Crippen LogP contribution in [0.3, 0.4) is 0 Å². The number of ether oxygens (including phenoxy) is 2. The Morgan fingerprint density at radius 3 is 2.53 bits per heavy atom. The molecule has 94 valence electrons. The summed E-state index contributed by atoms with van der Waals surface area (Å²) in [4.78, 5) is 0. The molecule has 0 aromatic heterocycles. The Labute approximate surface area is 102 Å². The molecule has 1 rings (SSSR count). The second kappa shape index (κ2) is 7.68. The zero-order valence-electron chi connectivity index (χ0n) is 10.2. The summed E-state index contributed by atoms with van der Waals surface area (Å²) < 4.78 is 10.8. The van der Waals surface area contributed by atoms with Crippen molar-refractivity contribution >= 4 is 5.84 Å². The van der Waals surface area contributed by atoms with E-state index >= 15 is 0 Å². The molecule has 0 saturated carbocycles. The van der Waals surface area contributed by atoms with Crippen molar-refractivity contribution in [2.45, 2.75) is 19.8 Å². The quantitative estimate of drug-likeness (QED) is 0.412. The molecule has 0 heterocycles. The van der Waals surface area contributed by atoms with E-state index in [9.17, 15) is 0 Å². The van der Waals surface area contributed by atoms with Gasteiger partial charge in [0.25, 0.3) is 0 Å². The Balaban J connectivity index is 2.28. The van der Waals surface area contributed by atoms with Gasteiger partial charge in [-0.05, 0) is 24.6 Å². The minimum Gasteiger partial charge on any atom is -0.494 e. The molecule has 0 amide bonds.